The zero-order valence-electron chi connectivity index (χ0n) is 10.3. The molecule has 1 saturated heterocycles. The molecule has 20 heavy (non-hydrogen) atoms. The third-order valence-electron chi connectivity index (χ3n) is 2.95. The molecule has 1 atom stereocenters. The van der Waals surface area contributed by atoms with Crippen molar-refractivity contribution in [2.75, 3.05) is 17.2 Å². The van der Waals surface area contributed by atoms with Gasteiger partial charge in [0.15, 0.2) is 17.0 Å². The topological polar surface area (TPSA) is 118 Å². The largest absolute Gasteiger partial charge is 0.390 e. The molecule has 1 amide bonds. The number of anilines is 2. The van der Waals surface area contributed by atoms with Crippen LogP contribution in [0.4, 0.5) is 11.8 Å². The molecular formula is C11H11BrN6O2. The molecule has 1 aliphatic rings. The van der Waals surface area contributed by atoms with Crippen LogP contribution in [0.15, 0.2) is 6.20 Å². The predicted molar refractivity (Wildman–Crippen MR) is 75.1 cm³/mol. The van der Waals surface area contributed by atoms with Crippen molar-refractivity contribution in [1.29, 1.82) is 0 Å². The number of alkyl halides is 1. The molecule has 8 nitrogen and oxygen atoms in total. The molecule has 3 heterocycles. The average molecular weight is 339 g/mol. The first-order valence-corrected chi connectivity index (χ1v) is 6.84. The fourth-order valence-electron chi connectivity index (χ4n) is 2.08. The van der Waals surface area contributed by atoms with Crippen molar-refractivity contribution in [1.82, 2.24) is 19.9 Å². The summed E-state index contributed by atoms with van der Waals surface area (Å²) in [6, 6.07) is 0. The van der Waals surface area contributed by atoms with E-state index in [0.717, 1.165) is 0 Å². The van der Waals surface area contributed by atoms with Crippen molar-refractivity contribution in [3.8, 4) is 0 Å². The van der Waals surface area contributed by atoms with E-state index < -0.39 is 0 Å². The first-order chi connectivity index (χ1) is 9.58. The lowest BCUT2D eigenvalue weighted by Gasteiger charge is -2.16. The molecule has 0 radical (unpaired) electrons. The summed E-state index contributed by atoms with van der Waals surface area (Å²) in [5.41, 5.74) is 6.70. The summed E-state index contributed by atoms with van der Waals surface area (Å²) >= 11 is 3.41. The molecule has 0 bridgehead atoms. The fraction of sp³-hybridized carbons (Fsp3) is 0.364. The number of aliphatic hydroxyl groups is 1. The Morgan fingerprint density at radius 2 is 2.25 bits per heavy atom. The molecule has 0 aliphatic carbocycles. The second kappa shape index (κ2) is 4.91. The van der Waals surface area contributed by atoms with E-state index >= 15 is 0 Å². The Morgan fingerprint density at radius 1 is 1.45 bits per heavy atom. The first kappa shape index (κ1) is 13.1. The van der Waals surface area contributed by atoms with E-state index in [0.29, 0.717) is 35.6 Å². The number of hydrogen-bond donors (Lipinski definition) is 2. The molecule has 0 saturated carbocycles. The SMILES string of the molecule is Nc1nc(N2CC(Br)CC2=O)c2nc(CO)cnc2n1. The van der Waals surface area contributed by atoms with Gasteiger partial charge in [0.05, 0.1) is 18.5 Å². The van der Waals surface area contributed by atoms with E-state index in [1.807, 2.05) is 0 Å². The van der Waals surface area contributed by atoms with Gasteiger partial charge in [0.1, 0.15) is 0 Å². The maximum absolute atomic E-state index is 12.0. The second-order valence-electron chi connectivity index (χ2n) is 4.40. The van der Waals surface area contributed by atoms with Crippen molar-refractivity contribution in [3.05, 3.63) is 11.9 Å². The maximum atomic E-state index is 12.0. The van der Waals surface area contributed by atoms with E-state index in [2.05, 4.69) is 35.9 Å². The van der Waals surface area contributed by atoms with Gasteiger partial charge in [0, 0.05) is 17.8 Å². The van der Waals surface area contributed by atoms with Gasteiger partial charge >= 0.3 is 0 Å². The third-order valence-corrected chi connectivity index (χ3v) is 3.56. The number of amides is 1. The Kier molecular flexibility index (Phi) is 3.22. The molecule has 3 rings (SSSR count). The van der Waals surface area contributed by atoms with Crippen LogP contribution in [-0.2, 0) is 11.4 Å². The summed E-state index contributed by atoms with van der Waals surface area (Å²) in [5, 5.41) is 9.15. The van der Waals surface area contributed by atoms with Gasteiger partial charge < -0.3 is 10.8 Å². The zero-order chi connectivity index (χ0) is 14.3. The van der Waals surface area contributed by atoms with Gasteiger partial charge in [-0.3, -0.25) is 9.69 Å². The first-order valence-electron chi connectivity index (χ1n) is 5.93. The van der Waals surface area contributed by atoms with Gasteiger partial charge in [0.25, 0.3) is 0 Å². The number of nitrogen functional groups attached to an aromatic ring is 1. The lowest BCUT2D eigenvalue weighted by atomic mass is 10.4. The molecule has 1 aliphatic heterocycles. The highest BCUT2D eigenvalue weighted by molar-refractivity contribution is 9.09. The van der Waals surface area contributed by atoms with E-state index in [-0.39, 0.29) is 23.3 Å². The molecule has 104 valence electrons. The van der Waals surface area contributed by atoms with Crippen LogP contribution in [0.25, 0.3) is 11.2 Å². The Balaban J connectivity index is 2.20. The van der Waals surface area contributed by atoms with E-state index in [9.17, 15) is 4.79 Å². The van der Waals surface area contributed by atoms with E-state index in [1.54, 1.807) is 0 Å². The molecule has 3 N–H and O–H groups in total. The van der Waals surface area contributed by atoms with Gasteiger partial charge in [-0.2, -0.15) is 9.97 Å². The van der Waals surface area contributed by atoms with Crippen LogP contribution in [0.3, 0.4) is 0 Å². The molecule has 2 aromatic rings. The Labute approximate surface area is 122 Å². The third kappa shape index (κ3) is 2.18. The number of nitrogens with two attached hydrogens (primary N) is 1. The van der Waals surface area contributed by atoms with Crippen molar-refractivity contribution >= 4 is 44.8 Å². The van der Waals surface area contributed by atoms with Crippen LogP contribution in [0, 0.1) is 0 Å². The summed E-state index contributed by atoms with van der Waals surface area (Å²) in [5.74, 6) is 0.300. The molecule has 0 spiro atoms. The second-order valence-corrected chi connectivity index (χ2v) is 5.70. The van der Waals surface area contributed by atoms with Gasteiger partial charge in [0.2, 0.25) is 11.9 Å². The quantitative estimate of drug-likeness (QED) is 0.739. The van der Waals surface area contributed by atoms with Gasteiger partial charge in [-0.25, -0.2) is 9.97 Å². The number of hydrogen-bond acceptors (Lipinski definition) is 7. The zero-order valence-corrected chi connectivity index (χ0v) is 11.9. The number of rotatable bonds is 2. The lowest BCUT2D eigenvalue weighted by Crippen LogP contribution is -2.26. The minimum absolute atomic E-state index is 0.0318. The maximum Gasteiger partial charge on any atom is 0.229 e. The van der Waals surface area contributed by atoms with Crippen LogP contribution >= 0.6 is 15.9 Å². The molecule has 1 unspecified atom stereocenters. The Bertz CT molecular complexity index is 694. The number of halogens is 1. The Morgan fingerprint density at radius 3 is 2.90 bits per heavy atom. The van der Waals surface area contributed by atoms with Crippen LogP contribution < -0.4 is 10.6 Å². The number of carbonyl (C=O) groups is 1. The summed E-state index contributed by atoms with van der Waals surface area (Å²) in [7, 11) is 0. The van der Waals surface area contributed by atoms with Gasteiger partial charge in [-0.05, 0) is 0 Å². The van der Waals surface area contributed by atoms with E-state index in [4.69, 9.17) is 10.8 Å². The molecule has 0 aromatic carbocycles. The summed E-state index contributed by atoms with van der Waals surface area (Å²) < 4.78 is 0. The monoisotopic (exact) mass is 338 g/mol. The number of aliphatic hydroxyl groups excluding tert-OH is 1. The van der Waals surface area contributed by atoms with Crippen LogP contribution in [0.1, 0.15) is 12.1 Å². The number of fused-ring (bicyclic) bond motifs is 1. The highest BCUT2D eigenvalue weighted by Gasteiger charge is 2.31. The summed E-state index contributed by atoms with van der Waals surface area (Å²) in [6.07, 6.45) is 1.80. The fourth-order valence-corrected chi connectivity index (χ4v) is 2.65. The molecule has 9 heteroatoms. The molecular weight excluding hydrogens is 328 g/mol. The molecule has 1 fully saturated rings. The summed E-state index contributed by atoms with van der Waals surface area (Å²) in [4.78, 5) is 30.0. The van der Waals surface area contributed by atoms with Crippen LogP contribution in [-0.4, -0.2) is 42.3 Å². The Hall–Kier alpha value is -1.87. The van der Waals surface area contributed by atoms with Crippen molar-refractivity contribution in [3.63, 3.8) is 0 Å². The minimum atomic E-state index is -0.248. The van der Waals surface area contributed by atoms with Crippen molar-refractivity contribution in [2.45, 2.75) is 17.9 Å². The number of nitrogens with zero attached hydrogens (tertiary/aromatic N) is 5. The number of carbonyl (C=O) groups excluding carboxylic acids is 1. The highest BCUT2D eigenvalue weighted by atomic mass is 79.9. The van der Waals surface area contributed by atoms with Crippen molar-refractivity contribution < 1.29 is 9.90 Å². The molecule has 2 aromatic heterocycles. The summed E-state index contributed by atoms with van der Waals surface area (Å²) in [6.45, 7) is 0.233. The van der Waals surface area contributed by atoms with Gasteiger partial charge in [-0.15, -0.1) is 0 Å². The van der Waals surface area contributed by atoms with Gasteiger partial charge in [-0.1, -0.05) is 15.9 Å². The smallest absolute Gasteiger partial charge is 0.229 e. The van der Waals surface area contributed by atoms with Crippen LogP contribution in [0.2, 0.25) is 0 Å². The number of aromatic nitrogens is 4. The highest BCUT2D eigenvalue weighted by Crippen LogP contribution is 2.28. The van der Waals surface area contributed by atoms with E-state index in [1.165, 1.54) is 11.1 Å². The average Bonchev–Trinajstić information content (AvgIpc) is 2.76. The van der Waals surface area contributed by atoms with Crippen LogP contribution in [0.5, 0.6) is 0 Å². The predicted octanol–water partition coefficient (Wildman–Crippen LogP) is -0.00550. The lowest BCUT2D eigenvalue weighted by molar-refractivity contribution is -0.117. The normalized spacial score (nSPS) is 19.0. The van der Waals surface area contributed by atoms with Crippen molar-refractivity contribution in [2.24, 2.45) is 0 Å². The standard InChI is InChI=1S/C11H11BrN6O2/c12-5-1-7(20)18(3-5)10-8-9(16-11(13)17-10)14-2-6(4-19)15-8/h2,5,19H,1,3-4H2,(H2,13,14,16,17). The minimum Gasteiger partial charge on any atom is -0.390 e.